The first-order chi connectivity index (χ1) is 11.2. The number of ether oxygens (including phenoxy) is 1. The summed E-state index contributed by atoms with van der Waals surface area (Å²) in [6.45, 7) is 8.34. The Bertz CT molecular complexity index is 734. The summed E-state index contributed by atoms with van der Waals surface area (Å²) in [7, 11) is 1.56. The lowest BCUT2D eigenvalue weighted by Gasteiger charge is -2.19. The number of rotatable bonds is 4. The molecule has 0 bridgehead atoms. The minimum Gasteiger partial charge on any atom is -0.487 e. The number of carbonyl (C=O) groups excluding carboxylic acids is 1. The quantitative estimate of drug-likeness (QED) is 0.900. The van der Waals surface area contributed by atoms with E-state index in [4.69, 9.17) is 10.5 Å². The average molecular weight is 328 g/mol. The van der Waals surface area contributed by atoms with E-state index >= 15 is 0 Å². The Labute approximate surface area is 142 Å². The van der Waals surface area contributed by atoms with Gasteiger partial charge in [0.15, 0.2) is 0 Å². The second kappa shape index (κ2) is 6.86. The van der Waals surface area contributed by atoms with Crippen molar-refractivity contribution in [3.05, 3.63) is 46.8 Å². The third-order valence-corrected chi connectivity index (χ3v) is 3.73. The number of nitrogens with one attached hydrogen (secondary N) is 1. The van der Waals surface area contributed by atoms with Crippen LogP contribution >= 0.6 is 0 Å². The minimum absolute atomic E-state index is 0.0864. The third kappa shape index (κ3) is 4.01. The van der Waals surface area contributed by atoms with Gasteiger partial charge in [0.2, 0.25) is 5.95 Å². The molecule has 24 heavy (non-hydrogen) atoms. The van der Waals surface area contributed by atoms with E-state index in [-0.39, 0.29) is 23.9 Å². The van der Waals surface area contributed by atoms with E-state index in [9.17, 15) is 4.79 Å². The molecule has 0 aliphatic rings. The number of nitrogens with zero attached hydrogens (tertiary/aromatic N) is 2. The Kier molecular flexibility index (Phi) is 5.07. The summed E-state index contributed by atoms with van der Waals surface area (Å²) in [5.74, 6) is 0.580. The van der Waals surface area contributed by atoms with Gasteiger partial charge in [0.05, 0.1) is 17.0 Å². The number of amides is 1. The summed E-state index contributed by atoms with van der Waals surface area (Å²) in [5.41, 5.74) is 8.41. The van der Waals surface area contributed by atoms with Crippen LogP contribution in [0.2, 0.25) is 0 Å². The molecule has 0 spiro atoms. The van der Waals surface area contributed by atoms with E-state index < -0.39 is 0 Å². The normalized spacial score (nSPS) is 11.2. The molecule has 0 unspecified atom stereocenters. The maximum absolute atomic E-state index is 12.0. The Hall–Kier alpha value is -2.63. The number of carbonyl (C=O) groups is 1. The molecule has 6 nitrogen and oxygen atoms in total. The summed E-state index contributed by atoms with van der Waals surface area (Å²) in [6, 6.07) is 7.90. The molecular weight excluding hydrogens is 304 g/mol. The SMILES string of the molecule is CNC(=O)c1c(C)nc(N)nc1COc1ccc(C(C)(C)C)cc1. The lowest BCUT2D eigenvalue weighted by atomic mass is 9.87. The summed E-state index contributed by atoms with van der Waals surface area (Å²) < 4.78 is 5.78. The zero-order chi connectivity index (χ0) is 17.9. The maximum Gasteiger partial charge on any atom is 0.254 e. The Morgan fingerprint density at radius 2 is 1.83 bits per heavy atom. The molecule has 3 N–H and O–H groups in total. The maximum atomic E-state index is 12.0. The third-order valence-electron chi connectivity index (χ3n) is 3.73. The average Bonchev–Trinajstić information content (AvgIpc) is 2.51. The van der Waals surface area contributed by atoms with Crippen molar-refractivity contribution in [1.82, 2.24) is 15.3 Å². The number of hydrogen-bond donors (Lipinski definition) is 2. The van der Waals surface area contributed by atoms with Crippen molar-refractivity contribution in [2.75, 3.05) is 12.8 Å². The first-order valence-corrected chi connectivity index (χ1v) is 7.80. The van der Waals surface area contributed by atoms with Crippen molar-refractivity contribution in [1.29, 1.82) is 0 Å². The van der Waals surface area contributed by atoms with Crippen molar-refractivity contribution < 1.29 is 9.53 Å². The molecule has 0 aliphatic heterocycles. The molecule has 0 radical (unpaired) electrons. The van der Waals surface area contributed by atoms with Crippen molar-refractivity contribution >= 4 is 11.9 Å². The predicted molar refractivity (Wildman–Crippen MR) is 94.0 cm³/mol. The smallest absolute Gasteiger partial charge is 0.254 e. The van der Waals surface area contributed by atoms with Crippen LogP contribution in [0.5, 0.6) is 5.75 Å². The molecule has 0 fully saturated rings. The first-order valence-electron chi connectivity index (χ1n) is 7.80. The van der Waals surface area contributed by atoms with Crippen molar-refractivity contribution in [3.8, 4) is 5.75 Å². The summed E-state index contributed by atoms with van der Waals surface area (Å²) in [4.78, 5) is 20.2. The number of nitrogen functional groups attached to an aromatic ring is 1. The molecule has 1 amide bonds. The molecule has 0 atom stereocenters. The van der Waals surface area contributed by atoms with E-state index in [2.05, 4.69) is 36.1 Å². The van der Waals surface area contributed by atoms with Gasteiger partial charge >= 0.3 is 0 Å². The van der Waals surface area contributed by atoms with E-state index in [0.29, 0.717) is 22.7 Å². The summed E-state index contributed by atoms with van der Waals surface area (Å²) in [5, 5.41) is 2.59. The molecule has 128 valence electrons. The van der Waals surface area contributed by atoms with Crippen LogP contribution in [-0.2, 0) is 12.0 Å². The van der Waals surface area contributed by atoms with Crippen LogP contribution in [0.1, 0.15) is 48.1 Å². The van der Waals surface area contributed by atoms with Crippen molar-refractivity contribution in [2.24, 2.45) is 0 Å². The van der Waals surface area contributed by atoms with Gasteiger partial charge in [-0.3, -0.25) is 4.79 Å². The lowest BCUT2D eigenvalue weighted by molar-refractivity contribution is 0.0959. The Morgan fingerprint density at radius 3 is 2.38 bits per heavy atom. The fraction of sp³-hybridized carbons (Fsp3) is 0.389. The highest BCUT2D eigenvalue weighted by Gasteiger charge is 2.18. The van der Waals surface area contributed by atoms with Gasteiger partial charge in [-0.25, -0.2) is 9.97 Å². The monoisotopic (exact) mass is 328 g/mol. The van der Waals surface area contributed by atoms with Crippen molar-refractivity contribution in [2.45, 2.75) is 39.7 Å². The van der Waals surface area contributed by atoms with Crippen LogP contribution in [0.3, 0.4) is 0 Å². The number of aryl methyl sites for hydroxylation is 1. The molecule has 2 rings (SSSR count). The van der Waals surface area contributed by atoms with Crippen molar-refractivity contribution in [3.63, 3.8) is 0 Å². The number of hydrogen-bond acceptors (Lipinski definition) is 5. The molecule has 1 heterocycles. The zero-order valence-corrected chi connectivity index (χ0v) is 14.8. The summed E-state index contributed by atoms with van der Waals surface area (Å²) in [6.07, 6.45) is 0. The standard InChI is InChI=1S/C18H24N4O2/c1-11-15(16(23)20-5)14(22-17(19)21-11)10-24-13-8-6-12(7-9-13)18(2,3)4/h6-9H,10H2,1-5H3,(H,20,23)(H2,19,21,22). The Balaban J connectivity index is 2.21. The fourth-order valence-corrected chi connectivity index (χ4v) is 2.38. The van der Waals surface area contributed by atoms with Crippen LogP contribution < -0.4 is 15.8 Å². The lowest BCUT2D eigenvalue weighted by Crippen LogP contribution is -2.23. The minimum atomic E-state index is -0.255. The van der Waals surface area contributed by atoms with Gasteiger partial charge in [-0.05, 0) is 30.0 Å². The van der Waals surface area contributed by atoms with Gasteiger partial charge in [0.25, 0.3) is 5.91 Å². The fourth-order valence-electron chi connectivity index (χ4n) is 2.38. The predicted octanol–water partition coefficient (Wildman–Crippen LogP) is 2.60. The van der Waals surface area contributed by atoms with Crippen LogP contribution in [0.25, 0.3) is 0 Å². The van der Waals surface area contributed by atoms with Gasteiger partial charge < -0.3 is 15.8 Å². The molecular formula is C18H24N4O2. The number of nitrogens with two attached hydrogens (primary N) is 1. The molecule has 6 heteroatoms. The zero-order valence-electron chi connectivity index (χ0n) is 14.8. The number of anilines is 1. The number of aromatic nitrogens is 2. The largest absolute Gasteiger partial charge is 0.487 e. The number of benzene rings is 1. The molecule has 0 saturated carbocycles. The highest BCUT2D eigenvalue weighted by Crippen LogP contribution is 2.25. The molecule has 0 aliphatic carbocycles. The highest BCUT2D eigenvalue weighted by molar-refractivity contribution is 5.96. The van der Waals surface area contributed by atoms with E-state index in [1.165, 1.54) is 5.56 Å². The van der Waals surface area contributed by atoms with Crippen LogP contribution in [0.15, 0.2) is 24.3 Å². The van der Waals surface area contributed by atoms with Crippen LogP contribution in [-0.4, -0.2) is 22.9 Å². The first kappa shape index (κ1) is 17.7. The van der Waals surface area contributed by atoms with Gasteiger partial charge in [-0.15, -0.1) is 0 Å². The molecule has 0 saturated heterocycles. The molecule has 1 aromatic heterocycles. The van der Waals surface area contributed by atoms with E-state index in [1.54, 1.807) is 14.0 Å². The second-order valence-corrected chi connectivity index (χ2v) is 6.63. The van der Waals surface area contributed by atoms with E-state index in [0.717, 1.165) is 0 Å². The van der Waals surface area contributed by atoms with Gasteiger partial charge in [-0.1, -0.05) is 32.9 Å². The second-order valence-electron chi connectivity index (χ2n) is 6.63. The van der Waals surface area contributed by atoms with Gasteiger partial charge in [0.1, 0.15) is 12.4 Å². The van der Waals surface area contributed by atoms with Crippen LogP contribution in [0, 0.1) is 6.92 Å². The van der Waals surface area contributed by atoms with E-state index in [1.807, 2.05) is 24.3 Å². The molecule has 1 aromatic carbocycles. The molecule has 2 aromatic rings. The van der Waals surface area contributed by atoms with Gasteiger partial charge in [0, 0.05) is 7.05 Å². The van der Waals surface area contributed by atoms with Crippen LogP contribution in [0.4, 0.5) is 5.95 Å². The summed E-state index contributed by atoms with van der Waals surface area (Å²) >= 11 is 0. The Morgan fingerprint density at radius 1 is 1.21 bits per heavy atom. The van der Waals surface area contributed by atoms with Gasteiger partial charge in [-0.2, -0.15) is 0 Å². The topological polar surface area (TPSA) is 90.1 Å². The highest BCUT2D eigenvalue weighted by atomic mass is 16.5.